The number of aromatic nitrogens is 2. The molecule has 0 saturated heterocycles. The Hall–Kier alpha value is -0.870. The number of thiophene rings is 1. The van der Waals surface area contributed by atoms with Crippen molar-refractivity contribution in [3.63, 3.8) is 0 Å². The molecule has 108 valence electrons. The van der Waals surface area contributed by atoms with E-state index in [2.05, 4.69) is 9.82 Å². The highest BCUT2D eigenvalue weighted by atomic mass is 35.5. The van der Waals surface area contributed by atoms with Crippen molar-refractivity contribution >= 4 is 67.6 Å². The van der Waals surface area contributed by atoms with Crippen LogP contribution in [0.15, 0.2) is 17.2 Å². The van der Waals surface area contributed by atoms with Gasteiger partial charge in [0.25, 0.3) is 10.0 Å². The van der Waals surface area contributed by atoms with Gasteiger partial charge < -0.3 is 5.73 Å². The number of hydrogen-bond acceptors (Lipinski definition) is 5. The first-order chi connectivity index (χ1) is 9.22. The topological polar surface area (TPSA) is 90.0 Å². The summed E-state index contributed by atoms with van der Waals surface area (Å²) in [5, 5.41) is 3.91. The van der Waals surface area contributed by atoms with Crippen molar-refractivity contribution in [2.75, 3.05) is 4.72 Å². The smallest absolute Gasteiger partial charge is 0.265 e. The van der Waals surface area contributed by atoms with Crippen LogP contribution in [-0.4, -0.2) is 23.2 Å². The predicted octanol–water partition coefficient (Wildman–Crippen LogP) is 2.22. The molecule has 0 saturated carbocycles. The number of halogens is 2. The van der Waals surface area contributed by atoms with E-state index >= 15 is 0 Å². The van der Waals surface area contributed by atoms with E-state index in [9.17, 15) is 8.42 Å². The molecule has 0 radical (unpaired) electrons. The third kappa shape index (κ3) is 2.91. The van der Waals surface area contributed by atoms with Crippen molar-refractivity contribution < 1.29 is 8.42 Å². The minimum atomic E-state index is -3.90. The molecule has 0 bridgehead atoms. The standard InChI is InChI=1S/C9H8Cl2N4O2S3/c1-15-9(4(3-13-15)8(12)18)14-20(16,17)5-2-6(10)19-7(5)11/h2-3,14H,1H3,(H2,12,18). The lowest BCUT2D eigenvalue weighted by Gasteiger charge is -2.09. The van der Waals surface area contributed by atoms with Gasteiger partial charge in [-0.2, -0.15) is 5.10 Å². The third-order valence-corrected chi connectivity index (χ3v) is 5.66. The van der Waals surface area contributed by atoms with Gasteiger partial charge in [-0.3, -0.25) is 9.40 Å². The quantitative estimate of drug-likeness (QED) is 0.805. The number of aryl methyl sites for hydroxylation is 1. The second kappa shape index (κ2) is 5.49. The van der Waals surface area contributed by atoms with Crippen LogP contribution in [0.2, 0.25) is 8.67 Å². The second-order valence-electron chi connectivity index (χ2n) is 3.69. The molecule has 0 aliphatic heterocycles. The van der Waals surface area contributed by atoms with Crippen molar-refractivity contribution in [3.05, 3.63) is 26.5 Å². The fourth-order valence-corrected chi connectivity index (χ4v) is 4.84. The van der Waals surface area contributed by atoms with Gasteiger partial charge in [-0.25, -0.2) is 8.42 Å². The molecule has 6 nitrogen and oxygen atoms in total. The molecule has 0 aliphatic rings. The summed E-state index contributed by atoms with van der Waals surface area (Å²) in [5.41, 5.74) is 5.84. The summed E-state index contributed by atoms with van der Waals surface area (Å²) in [5.74, 6) is 0.163. The molecule has 0 atom stereocenters. The second-order valence-corrected chi connectivity index (χ2v) is 8.06. The molecule has 0 fully saturated rings. The van der Waals surface area contributed by atoms with Crippen LogP contribution < -0.4 is 10.5 Å². The number of rotatable bonds is 4. The number of nitrogens with two attached hydrogens (primary N) is 1. The van der Waals surface area contributed by atoms with E-state index in [1.54, 1.807) is 7.05 Å². The van der Waals surface area contributed by atoms with E-state index in [4.69, 9.17) is 41.2 Å². The van der Waals surface area contributed by atoms with Crippen molar-refractivity contribution in [2.45, 2.75) is 4.90 Å². The lowest BCUT2D eigenvalue weighted by molar-refractivity contribution is 0.600. The molecule has 2 aromatic rings. The first kappa shape index (κ1) is 15.5. The number of sulfonamides is 1. The van der Waals surface area contributed by atoms with Crippen molar-refractivity contribution in [1.82, 2.24) is 9.78 Å². The first-order valence-electron chi connectivity index (χ1n) is 5.02. The van der Waals surface area contributed by atoms with Crippen molar-refractivity contribution in [2.24, 2.45) is 12.8 Å². The van der Waals surface area contributed by atoms with Crippen LogP contribution >= 0.6 is 46.8 Å². The van der Waals surface area contributed by atoms with Crippen LogP contribution in [0.1, 0.15) is 5.56 Å². The fraction of sp³-hybridized carbons (Fsp3) is 0.111. The van der Waals surface area contributed by atoms with Crippen LogP contribution in [0.5, 0.6) is 0 Å². The van der Waals surface area contributed by atoms with Crippen LogP contribution in [0.4, 0.5) is 5.82 Å². The maximum Gasteiger partial charge on any atom is 0.265 e. The van der Waals surface area contributed by atoms with Crippen LogP contribution in [0, 0.1) is 0 Å². The number of nitrogens with one attached hydrogen (secondary N) is 1. The normalized spacial score (nSPS) is 11.6. The lowest BCUT2D eigenvalue weighted by Crippen LogP contribution is -2.19. The van der Waals surface area contributed by atoms with Gasteiger partial charge in [0, 0.05) is 7.05 Å². The average Bonchev–Trinajstić information content (AvgIpc) is 2.83. The van der Waals surface area contributed by atoms with Crippen molar-refractivity contribution in [1.29, 1.82) is 0 Å². The minimum absolute atomic E-state index is 0.0326. The fourth-order valence-electron chi connectivity index (χ4n) is 1.43. The molecule has 0 aliphatic carbocycles. The molecule has 0 unspecified atom stereocenters. The number of nitrogens with zero attached hydrogens (tertiary/aromatic N) is 2. The molecule has 0 spiro atoms. The molecule has 11 heteroatoms. The summed E-state index contributed by atoms with van der Waals surface area (Å²) in [6.07, 6.45) is 1.38. The average molecular weight is 371 g/mol. The third-order valence-electron chi connectivity index (χ3n) is 2.35. The predicted molar refractivity (Wildman–Crippen MR) is 84.2 cm³/mol. The van der Waals surface area contributed by atoms with Crippen LogP contribution in [0.25, 0.3) is 0 Å². The van der Waals surface area contributed by atoms with Gasteiger partial charge in [0.15, 0.2) is 0 Å². The summed E-state index contributed by atoms with van der Waals surface area (Å²) < 4.78 is 28.6. The SMILES string of the molecule is Cn1ncc(C(N)=S)c1NS(=O)(=O)c1cc(Cl)sc1Cl. The van der Waals surface area contributed by atoms with E-state index in [1.165, 1.54) is 16.9 Å². The highest BCUT2D eigenvalue weighted by Crippen LogP contribution is 2.35. The number of anilines is 1. The Kier molecular flexibility index (Phi) is 4.26. The van der Waals surface area contributed by atoms with E-state index in [0.29, 0.717) is 5.56 Å². The Morgan fingerprint density at radius 1 is 1.55 bits per heavy atom. The Balaban J connectivity index is 2.46. The summed E-state index contributed by atoms with van der Waals surface area (Å²) in [7, 11) is -2.35. The van der Waals surface area contributed by atoms with Gasteiger partial charge in [-0.1, -0.05) is 35.4 Å². The largest absolute Gasteiger partial charge is 0.389 e. The molecule has 2 aromatic heterocycles. The zero-order valence-corrected chi connectivity index (χ0v) is 13.9. The Morgan fingerprint density at radius 2 is 2.20 bits per heavy atom. The molecular weight excluding hydrogens is 363 g/mol. The maximum absolute atomic E-state index is 12.3. The van der Waals surface area contributed by atoms with Gasteiger partial charge in [0.2, 0.25) is 0 Å². The summed E-state index contributed by atoms with van der Waals surface area (Å²) in [6.45, 7) is 0. The summed E-state index contributed by atoms with van der Waals surface area (Å²) in [4.78, 5) is -0.0745. The summed E-state index contributed by atoms with van der Waals surface area (Å²) in [6, 6.07) is 1.27. The van der Waals surface area contributed by atoms with Gasteiger partial charge in [-0.15, -0.1) is 11.3 Å². The monoisotopic (exact) mass is 370 g/mol. The molecule has 2 heterocycles. The molecule has 3 N–H and O–H groups in total. The van der Waals surface area contributed by atoms with Gasteiger partial charge in [-0.05, 0) is 6.07 Å². The minimum Gasteiger partial charge on any atom is -0.389 e. The number of hydrogen-bond donors (Lipinski definition) is 2. The molecule has 0 amide bonds. The van der Waals surface area contributed by atoms with E-state index in [-0.39, 0.29) is 24.4 Å². The highest BCUT2D eigenvalue weighted by Gasteiger charge is 2.24. The van der Waals surface area contributed by atoms with Crippen molar-refractivity contribution in [3.8, 4) is 0 Å². The Morgan fingerprint density at radius 3 is 2.70 bits per heavy atom. The van der Waals surface area contributed by atoms with Gasteiger partial charge in [0.1, 0.15) is 20.0 Å². The first-order valence-corrected chi connectivity index (χ1v) is 8.48. The molecular formula is C9H8Cl2N4O2S3. The van der Waals surface area contributed by atoms with Gasteiger partial charge >= 0.3 is 0 Å². The van der Waals surface area contributed by atoms with Crippen LogP contribution in [-0.2, 0) is 17.1 Å². The van der Waals surface area contributed by atoms with Gasteiger partial charge in [0.05, 0.1) is 16.1 Å². The molecule has 2 rings (SSSR count). The van der Waals surface area contributed by atoms with Crippen LogP contribution in [0.3, 0.4) is 0 Å². The maximum atomic E-state index is 12.3. The van der Waals surface area contributed by atoms with E-state index in [0.717, 1.165) is 11.3 Å². The number of thiocarbonyl (C=S) groups is 1. The molecule has 20 heavy (non-hydrogen) atoms. The highest BCUT2D eigenvalue weighted by molar-refractivity contribution is 7.93. The van der Waals surface area contributed by atoms with E-state index in [1.807, 2.05) is 0 Å². The zero-order chi connectivity index (χ0) is 15.1. The summed E-state index contributed by atoms with van der Waals surface area (Å²) >= 11 is 17.4. The lowest BCUT2D eigenvalue weighted by atomic mass is 10.3. The Labute approximate surface area is 134 Å². The van der Waals surface area contributed by atoms with E-state index < -0.39 is 10.0 Å². The zero-order valence-electron chi connectivity index (χ0n) is 9.92. The molecule has 0 aromatic carbocycles. The Bertz CT molecular complexity index is 781.